The molecule has 0 amide bonds. The van der Waals surface area contributed by atoms with Crippen molar-refractivity contribution < 1.29 is 4.74 Å². The summed E-state index contributed by atoms with van der Waals surface area (Å²) in [7, 11) is 0. The molecule has 1 heterocycles. The Morgan fingerprint density at radius 1 is 1.25 bits per heavy atom. The Balaban J connectivity index is 1.54. The summed E-state index contributed by atoms with van der Waals surface area (Å²) in [6, 6.07) is 0.574. The fourth-order valence-corrected chi connectivity index (χ4v) is 3.30. The van der Waals surface area contributed by atoms with Gasteiger partial charge in [-0.2, -0.15) is 0 Å². The molecule has 16 heavy (non-hydrogen) atoms. The molecule has 3 nitrogen and oxygen atoms in total. The Morgan fingerprint density at radius 2 is 2.06 bits per heavy atom. The van der Waals surface area contributed by atoms with Crippen LogP contribution in [-0.2, 0) is 4.74 Å². The zero-order chi connectivity index (χ0) is 11.0. The van der Waals surface area contributed by atoms with Crippen LogP contribution >= 0.6 is 12.2 Å². The van der Waals surface area contributed by atoms with Crippen molar-refractivity contribution in [2.75, 3.05) is 26.3 Å². The van der Waals surface area contributed by atoms with E-state index in [0.717, 1.165) is 37.3 Å². The van der Waals surface area contributed by atoms with Crippen molar-refractivity contribution >= 4 is 17.3 Å². The molecular weight excluding hydrogens is 220 g/mol. The molecule has 0 aromatic carbocycles. The van der Waals surface area contributed by atoms with Crippen molar-refractivity contribution in [1.82, 2.24) is 10.2 Å². The maximum absolute atomic E-state index is 5.46. The summed E-state index contributed by atoms with van der Waals surface area (Å²) in [4.78, 5) is 2.23. The molecule has 2 fully saturated rings. The van der Waals surface area contributed by atoms with E-state index < -0.39 is 0 Å². The highest BCUT2D eigenvalue weighted by molar-refractivity contribution is 7.80. The summed E-state index contributed by atoms with van der Waals surface area (Å²) in [6.45, 7) is 3.47. The van der Waals surface area contributed by atoms with Gasteiger partial charge in [0.1, 0.15) is 0 Å². The van der Waals surface area contributed by atoms with Crippen LogP contribution in [0.1, 0.15) is 12.8 Å². The number of morpholine rings is 1. The average Bonchev–Trinajstić information content (AvgIpc) is 2.92. The van der Waals surface area contributed by atoms with Gasteiger partial charge >= 0.3 is 0 Å². The lowest BCUT2D eigenvalue weighted by Crippen LogP contribution is -2.49. The molecule has 3 rings (SSSR count). The predicted octanol–water partition coefficient (Wildman–Crippen LogP) is 1.16. The smallest absolute Gasteiger partial charge is 0.169 e. The van der Waals surface area contributed by atoms with E-state index in [1.165, 1.54) is 12.8 Å². The van der Waals surface area contributed by atoms with Crippen LogP contribution in [0.5, 0.6) is 0 Å². The van der Waals surface area contributed by atoms with E-state index in [4.69, 9.17) is 17.0 Å². The second-order valence-electron chi connectivity index (χ2n) is 4.94. The number of nitrogens with zero attached hydrogens (tertiary/aromatic N) is 1. The Labute approximate surface area is 102 Å². The van der Waals surface area contributed by atoms with E-state index >= 15 is 0 Å². The van der Waals surface area contributed by atoms with Crippen molar-refractivity contribution in [2.45, 2.75) is 18.9 Å². The number of hydrogen-bond acceptors (Lipinski definition) is 2. The molecule has 1 saturated heterocycles. The van der Waals surface area contributed by atoms with Gasteiger partial charge < -0.3 is 15.0 Å². The molecule has 0 unspecified atom stereocenters. The van der Waals surface area contributed by atoms with Crippen LogP contribution < -0.4 is 5.32 Å². The van der Waals surface area contributed by atoms with E-state index in [0.29, 0.717) is 12.0 Å². The number of hydrogen-bond donors (Lipinski definition) is 1. The van der Waals surface area contributed by atoms with Gasteiger partial charge in [-0.05, 0) is 36.9 Å². The first-order chi connectivity index (χ1) is 7.83. The van der Waals surface area contributed by atoms with E-state index in [1.54, 1.807) is 0 Å². The van der Waals surface area contributed by atoms with Crippen LogP contribution in [0.4, 0.5) is 0 Å². The van der Waals surface area contributed by atoms with Crippen LogP contribution in [0.3, 0.4) is 0 Å². The summed E-state index contributed by atoms with van der Waals surface area (Å²) >= 11 is 5.46. The third-order valence-electron chi connectivity index (χ3n) is 3.89. The molecule has 88 valence electrons. The number of fused-ring (bicyclic) bond motifs is 2. The molecule has 0 aromatic heterocycles. The normalized spacial score (nSPS) is 36.8. The second-order valence-corrected chi connectivity index (χ2v) is 5.32. The lowest BCUT2D eigenvalue weighted by atomic mass is 10.0. The van der Waals surface area contributed by atoms with Gasteiger partial charge in [-0.3, -0.25) is 0 Å². The van der Waals surface area contributed by atoms with Gasteiger partial charge in [0.05, 0.1) is 13.2 Å². The maximum Gasteiger partial charge on any atom is 0.169 e. The molecule has 4 heteroatoms. The van der Waals surface area contributed by atoms with Gasteiger partial charge in [0, 0.05) is 19.1 Å². The van der Waals surface area contributed by atoms with Gasteiger partial charge in [0.2, 0.25) is 0 Å². The predicted molar refractivity (Wildman–Crippen MR) is 67.3 cm³/mol. The van der Waals surface area contributed by atoms with Crippen molar-refractivity contribution in [2.24, 2.45) is 11.8 Å². The second kappa shape index (κ2) is 4.34. The highest BCUT2D eigenvalue weighted by atomic mass is 32.1. The molecule has 0 radical (unpaired) electrons. The molecule has 2 aliphatic carbocycles. The first-order valence-corrected chi connectivity index (χ1v) is 6.55. The van der Waals surface area contributed by atoms with Crippen LogP contribution in [0, 0.1) is 11.8 Å². The quantitative estimate of drug-likeness (QED) is 0.547. The standard InChI is InChI=1S/C12H18N2OS/c16-12(14-3-5-15-6-4-14)13-11-8-9-1-2-10(11)7-9/h1-2,9-11H,3-8H2,(H,13,16)/t9-,10+,11-/m0/s1. The third kappa shape index (κ3) is 1.96. The molecule has 2 bridgehead atoms. The number of allylic oxidation sites excluding steroid dienone is 1. The summed E-state index contributed by atoms with van der Waals surface area (Å²) in [6.07, 6.45) is 7.30. The first-order valence-electron chi connectivity index (χ1n) is 6.14. The highest BCUT2D eigenvalue weighted by Gasteiger charge is 2.36. The summed E-state index contributed by atoms with van der Waals surface area (Å²) in [5.74, 6) is 1.51. The molecule has 1 N–H and O–H groups in total. The maximum atomic E-state index is 5.46. The van der Waals surface area contributed by atoms with Gasteiger partial charge in [0.25, 0.3) is 0 Å². The minimum absolute atomic E-state index is 0.574. The van der Waals surface area contributed by atoms with E-state index in [1.807, 2.05) is 0 Å². The molecule has 1 aliphatic heterocycles. The SMILES string of the molecule is S=C(N[C@H]1C[C@H]2C=C[C@@H]1C2)N1CCOCC1. The third-order valence-corrected chi connectivity index (χ3v) is 4.26. The molecule has 1 saturated carbocycles. The lowest BCUT2D eigenvalue weighted by Gasteiger charge is -2.32. The Morgan fingerprint density at radius 3 is 2.69 bits per heavy atom. The summed E-state index contributed by atoms with van der Waals surface area (Å²) in [5.41, 5.74) is 0. The zero-order valence-corrected chi connectivity index (χ0v) is 10.2. The molecule has 3 aliphatic rings. The molecule has 0 aromatic rings. The van der Waals surface area contributed by atoms with E-state index in [-0.39, 0.29) is 0 Å². The zero-order valence-electron chi connectivity index (χ0n) is 9.39. The van der Waals surface area contributed by atoms with Crippen molar-refractivity contribution in [3.05, 3.63) is 12.2 Å². The Hall–Kier alpha value is -0.610. The number of ether oxygens (including phenoxy) is 1. The van der Waals surface area contributed by atoms with Gasteiger partial charge in [-0.25, -0.2) is 0 Å². The van der Waals surface area contributed by atoms with Crippen LogP contribution in [-0.4, -0.2) is 42.4 Å². The fourth-order valence-electron chi connectivity index (χ4n) is 2.96. The average molecular weight is 238 g/mol. The largest absolute Gasteiger partial charge is 0.378 e. The van der Waals surface area contributed by atoms with Crippen molar-refractivity contribution in [3.8, 4) is 0 Å². The minimum atomic E-state index is 0.574. The number of nitrogens with one attached hydrogen (secondary N) is 1. The molecule has 0 spiro atoms. The Kier molecular flexibility index (Phi) is 2.86. The summed E-state index contributed by atoms with van der Waals surface area (Å²) < 4.78 is 5.33. The topological polar surface area (TPSA) is 24.5 Å². The molecular formula is C12H18N2OS. The Bertz CT molecular complexity index is 312. The first kappa shape index (κ1) is 10.5. The monoisotopic (exact) mass is 238 g/mol. The highest BCUT2D eigenvalue weighted by Crippen LogP contribution is 2.38. The van der Waals surface area contributed by atoms with Crippen molar-refractivity contribution in [1.29, 1.82) is 0 Å². The van der Waals surface area contributed by atoms with Crippen molar-refractivity contribution in [3.63, 3.8) is 0 Å². The summed E-state index contributed by atoms with van der Waals surface area (Å²) in [5, 5.41) is 4.46. The fraction of sp³-hybridized carbons (Fsp3) is 0.750. The van der Waals surface area contributed by atoms with Crippen LogP contribution in [0.15, 0.2) is 12.2 Å². The van der Waals surface area contributed by atoms with Gasteiger partial charge in [0.15, 0.2) is 5.11 Å². The van der Waals surface area contributed by atoms with Crippen LogP contribution in [0.2, 0.25) is 0 Å². The van der Waals surface area contributed by atoms with E-state index in [2.05, 4.69) is 22.4 Å². The van der Waals surface area contributed by atoms with E-state index in [9.17, 15) is 0 Å². The van der Waals surface area contributed by atoms with Gasteiger partial charge in [-0.15, -0.1) is 0 Å². The minimum Gasteiger partial charge on any atom is -0.378 e. The van der Waals surface area contributed by atoms with Gasteiger partial charge in [-0.1, -0.05) is 12.2 Å². The lowest BCUT2D eigenvalue weighted by molar-refractivity contribution is 0.0673. The number of thiocarbonyl (C=S) groups is 1. The molecule has 3 atom stereocenters. The van der Waals surface area contributed by atoms with Crippen LogP contribution in [0.25, 0.3) is 0 Å². The number of rotatable bonds is 1.